The Morgan fingerprint density at radius 2 is 1.69 bits per heavy atom. The number of benzene rings is 1. The Kier molecular flexibility index (Phi) is 13.5. The predicted octanol–water partition coefficient (Wildman–Crippen LogP) is 3.90. The fourth-order valence-electron chi connectivity index (χ4n) is 2.81. The highest BCUT2D eigenvalue weighted by molar-refractivity contribution is 5.78. The second kappa shape index (κ2) is 15.9. The second-order valence-corrected chi connectivity index (χ2v) is 7.71. The largest absolute Gasteiger partial charge is 0.487 e. The van der Waals surface area contributed by atoms with E-state index >= 15 is 0 Å². The first-order valence-electron chi connectivity index (χ1n) is 10.9. The lowest BCUT2D eigenvalue weighted by molar-refractivity contribution is -0.142. The number of aryl methyl sites for hydroxylation is 1. The highest BCUT2D eigenvalue weighted by atomic mass is 16.6. The van der Waals surface area contributed by atoms with Gasteiger partial charge in [0.15, 0.2) is 18.1 Å². The molecule has 0 aliphatic rings. The Hall–Kier alpha value is -2.87. The van der Waals surface area contributed by atoms with E-state index < -0.39 is 25.2 Å². The van der Waals surface area contributed by atoms with E-state index in [2.05, 4.69) is 26.0 Å². The van der Waals surface area contributed by atoms with E-state index in [1.807, 2.05) is 0 Å². The quantitative estimate of drug-likeness (QED) is 0.255. The van der Waals surface area contributed by atoms with Crippen LogP contribution in [0.25, 0.3) is 0 Å². The van der Waals surface area contributed by atoms with Gasteiger partial charge in [0, 0.05) is 12.8 Å². The predicted molar refractivity (Wildman–Crippen MR) is 119 cm³/mol. The molecule has 8 nitrogen and oxygen atoms in total. The van der Waals surface area contributed by atoms with Gasteiger partial charge in [-0.3, -0.25) is 4.79 Å². The maximum atomic E-state index is 12.2. The number of carboxylic acid groups (broad SMARTS) is 2. The molecule has 0 radical (unpaired) electrons. The molecule has 8 heteroatoms. The maximum Gasteiger partial charge on any atom is 0.341 e. The topological polar surface area (TPSA) is 119 Å². The normalized spacial score (nSPS) is 11.1. The Balaban J connectivity index is 2.53. The molecule has 178 valence electrons. The van der Waals surface area contributed by atoms with Gasteiger partial charge in [0.2, 0.25) is 0 Å². The van der Waals surface area contributed by atoms with Crippen molar-refractivity contribution in [2.45, 2.75) is 52.4 Å². The molecule has 0 aliphatic heterocycles. The molecule has 0 saturated heterocycles. The molecule has 0 amide bonds. The maximum absolute atomic E-state index is 12.2. The summed E-state index contributed by atoms with van der Waals surface area (Å²) in [6, 6.07) is 5.09. The molecule has 2 N–H and O–H groups in total. The number of Topliss-reactive ketones (excluding diaryl/α,β-unsaturated/α-hetero) is 1. The standard InChI is InChI=1S/C24H34O8/c1-18(2)7-5-3-4-6-8-20(25)11-9-19-10-12-21(32-17-24(28)29)22(15-19)31-14-13-30-16-23(26)27/h5,7,10,12,15,18H,3-4,6,8-9,11,13-14,16-17H2,1-2H3,(H,26,27)(H,28,29)/b7-5+. The van der Waals surface area contributed by atoms with E-state index in [0.717, 1.165) is 24.8 Å². The molecule has 0 aromatic heterocycles. The number of carbonyl (C=O) groups excluding carboxylic acids is 1. The summed E-state index contributed by atoms with van der Waals surface area (Å²) in [6.07, 6.45) is 8.69. The molecular formula is C24H34O8. The minimum absolute atomic E-state index is 0.0553. The number of aliphatic carboxylic acids is 2. The van der Waals surface area contributed by atoms with E-state index in [-0.39, 0.29) is 24.7 Å². The second-order valence-electron chi connectivity index (χ2n) is 7.71. The summed E-state index contributed by atoms with van der Waals surface area (Å²) in [5.41, 5.74) is 0.863. The average molecular weight is 451 g/mol. The van der Waals surface area contributed by atoms with E-state index in [1.165, 1.54) is 0 Å². The van der Waals surface area contributed by atoms with Crippen LogP contribution in [0, 0.1) is 5.92 Å². The lowest BCUT2D eigenvalue weighted by Gasteiger charge is -2.13. The van der Waals surface area contributed by atoms with Gasteiger partial charge in [-0.2, -0.15) is 0 Å². The summed E-state index contributed by atoms with van der Waals surface area (Å²) in [5, 5.41) is 17.4. The summed E-state index contributed by atoms with van der Waals surface area (Å²) in [5.74, 6) is -0.858. The van der Waals surface area contributed by atoms with Gasteiger partial charge < -0.3 is 24.4 Å². The Labute approximate surface area is 189 Å². The highest BCUT2D eigenvalue weighted by Gasteiger charge is 2.11. The Morgan fingerprint density at radius 1 is 0.938 bits per heavy atom. The zero-order chi connectivity index (χ0) is 23.8. The average Bonchev–Trinajstić information content (AvgIpc) is 2.73. The van der Waals surface area contributed by atoms with Gasteiger partial charge >= 0.3 is 11.9 Å². The number of hydrogen-bond acceptors (Lipinski definition) is 6. The molecule has 0 atom stereocenters. The third-order valence-corrected chi connectivity index (χ3v) is 4.36. The lowest BCUT2D eigenvalue weighted by atomic mass is 10.0. The fourth-order valence-corrected chi connectivity index (χ4v) is 2.81. The van der Waals surface area contributed by atoms with E-state index in [1.54, 1.807) is 18.2 Å². The van der Waals surface area contributed by atoms with Crippen molar-refractivity contribution in [3.8, 4) is 11.5 Å². The number of rotatable bonds is 18. The van der Waals surface area contributed by atoms with Crippen LogP contribution in [0.5, 0.6) is 11.5 Å². The molecule has 0 heterocycles. The Morgan fingerprint density at radius 3 is 2.38 bits per heavy atom. The van der Waals surface area contributed by atoms with Crippen LogP contribution in [-0.4, -0.2) is 54.4 Å². The number of carbonyl (C=O) groups is 3. The van der Waals surface area contributed by atoms with Crippen LogP contribution >= 0.6 is 0 Å². The summed E-state index contributed by atoms with van der Waals surface area (Å²) >= 11 is 0. The minimum Gasteiger partial charge on any atom is -0.487 e. The molecule has 1 aromatic rings. The van der Waals surface area contributed by atoms with E-state index in [9.17, 15) is 14.4 Å². The zero-order valence-corrected chi connectivity index (χ0v) is 18.9. The number of ketones is 1. The number of carboxylic acids is 2. The highest BCUT2D eigenvalue weighted by Crippen LogP contribution is 2.29. The van der Waals surface area contributed by atoms with Crippen molar-refractivity contribution in [2.24, 2.45) is 5.92 Å². The van der Waals surface area contributed by atoms with Gasteiger partial charge in [0.25, 0.3) is 0 Å². The molecule has 0 bridgehead atoms. The fraction of sp³-hybridized carbons (Fsp3) is 0.542. The summed E-state index contributed by atoms with van der Waals surface area (Å²) in [7, 11) is 0. The number of hydrogen-bond donors (Lipinski definition) is 2. The van der Waals surface area contributed by atoms with Crippen molar-refractivity contribution in [3.05, 3.63) is 35.9 Å². The van der Waals surface area contributed by atoms with Crippen LogP contribution in [0.15, 0.2) is 30.4 Å². The number of unbranched alkanes of at least 4 members (excludes halogenated alkanes) is 2. The van der Waals surface area contributed by atoms with Gasteiger partial charge in [0.05, 0.1) is 6.61 Å². The van der Waals surface area contributed by atoms with Crippen molar-refractivity contribution in [2.75, 3.05) is 26.4 Å². The first kappa shape index (κ1) is 27.2. The van der Waals surface area contributed by atoms with Gasteiger partial charge in [-0.05, 0) is 49.3 Å². The first-order valence-corrected chi connectivity index (χ1v) is 10.9. The van der Waals surface area contributed by atoms with Gasteiger partial charge in [-0.15, -0.1) is 0 Å². The smallest absolute Gasteiger partial charge is 0.341 e. The number of allylic oxidation sites excluding steroid dienone is 2. The van der Waals surface area contributed by atoms with Crippen molar-refractivity contribution in [3.63, 3.8) is 0 Å². The summed E-state index contributed by atoms with van der Waals surface area (Å²) in [6.45, 7) is 3.45. The Bertz CT molecular complexity index is 754. The molecule has 0 spiro atoms. The first-order chi connectivity index (χ1) is 15.3. The van der Waals surface area contributed by atoms with Crippen LogP contribution in [0.4, 0.5) is 0 Å². The van der Waals surface area contributed by atoms with Crippen molar-refractivity contribution in [1.29, 1.82) is 0 Å². The monoisotopic (exact) mass is 450 g/mol. The van der Waals surface area contributed by atoms with Crippen LogP contribution in [0.2, 0.25) is 0 Å². The molecular weight excluding hydrogens is 416 g/mol. The van der Waals surface area contributed by atoms with Gasteiger partial charge in [-0.1, -0.05) is 32.1 Å². The van der Waals surface area contributed by atoms with Crippen LogP contribution < -0.4 is 9.47 Å². The van der Waals surface area contributed by atoms with Crippen molar-refractivity contribution >= 4 is 17.7 Å². The van der Waals surface area contributed by atoms with Gasteiger partial charge in [-0.25, -0.2) is 9.59 Å². The molecule has 32 heavy (non-hydrogen) atoms. The third kappa shape index (κ3) is 13.4. The van der Waals surface area contributed by atoms with Crippen LogP contribution in [0.3, 0.4) is 0 Å². The molecule has 0 aliphatic carbocycles. The van der Waals surface area contributed by atoms with E-state index in [0.29, 0.717) is 30.9 Å². The molecule has 0 fully saturated rings. The molecule has 1 aromatic carbocycles. The van der Waals surface area contributed by atoms with Crippen LogP contribution in [0.1, 0.15) is 51.5 Å². The lowest BCUT2D eigenvalue weighted by Crippen LogP contribution is -2.14. The van der Waals surface area contributed by atoms with Gasteiger partial charge in [0.1, 0.15) is 19.0 Å². The third-order valence-electron chi connectivity index (χ3n) is 4.36. The summed E-state index contributed by atoms with van der Waals surface area (Å²) in [4.78, 5) is 33.4. The van der Waals surface area contributed by atoms with Crippen LogP contribution in [-0.2, 0) is 25.5 Å². The minimum atomic E-state index is -1.12. The zero-order valence-electron chi connectivity index (χ0n) is 18.9. The van der Waals surface area contributed by atoms with E-state index in [4.69, 9.17) is 24.4 Å². The molecule has 0 unspecified atom stereocenters. The SMILES string of the molecule is CC(C)/C=C/CCCCC(=O)CCc1ccc(OCC(=O)O)c(OCCOCC(=O)O)c1. The summed E-state index contributed by atoms with van der Waals surface area (Å²) < 4.78 is 15.8. The molecule has 1 rings (SSSR count). The molecule has 0 saturated carbocycles. The van der Waals surface area contributed by atoms with Crippen molar-refractivity contribution in [1.82, 2.24) is 0 Å². The van der Waals surface area contributed by atoms with Crippen molar-refractivity contribution < 1.29 is 38.8 Å². The number of ether oxygens (including phenoxy) is 3.